The van der Waals surface area contributed by atoms with Gasteiger partial charge < -0.3 is 10.2 Å². The van der Waals surface area contributed by atoms with Gasteiger partial charge in [-0.3, -0.25) is 4.79 Å². The number of rotatable bonds is 5. The van der Waals surface area contributed by atoms with Gasteiger partial charge in [0.25, 0.3) is 0 Å². The van der Waals surface area contributed by atoms with Crippen LogP contribution in [-0.4, -0.2) is 42.9 Å². The number of carbonyl (C=O) groups is 1. The maximum atomic E-state index is 12.3. The lowest BCUT2D eigenvalue weighted by Gasteiger charge is -2.35. The molecule has 0 radical (unpaired) electrons. The summed E-state index contributed by atoms with van der Waals surface area (Å²) < 4.78 is 0. The highest BCUT2D eigenvalue weighted by atomic mass is 16.1. The molecule has 0 bridgehead atoms. The van der Waals surface area contributed by atoms with Crippen molar-refractivity contribution in [3.8, 4) is 0 Å². The van der Waals surface area contributed by atoms with Crippen LogP contribution in [0.3, 0.4) is 0 Å². The summed E-state index contributed by atoms with van der Waals surface area (Å²) in [7, 11) is 2.16. The standard InChI is InChI=1S/C14H28N2O/c1-10(2)14(17)13(15-11(3)4)12-6-8-16(5)9-7-12/h10-13,15H,6-9H2,1-5H3. The van der Waals surface area contributed by atoms with Gasteiger partial charge in [0.2, 0.25) is 0 Å². The first-order valence-electron chi connectivity index (χ1n) is 6.90. The molecule has 17 heavy (non-hydrogen) atoms. The van der Waals surface area contributed by atoms with Gasteiger partial charge in [-0.25, -0.2) is 0 Å². The Balaban J connectivity index is 2.65. The predicted octanol–water partition coefficient (Wildman–Crippen LogP) is 1.92. The minimum atomic E-state index is 0.0590. The molecule has 1 saturated heterocycles. The summed E-state index contributed by atoms with van der Waals surface area (Å²) in [5.74, 6) is 1.03. The minimum Gasteiger partial charge on any atom is -0.306 e. The number of hydrogen-bond acceptors (Lipinski definition) is 3. The number of carbonyl (C=O) groups excluding carboxylic acids is 1. The fourth-order valence-corrected chi connectivity index (χ4v) is 2.53. The zero-order valence-electron chi connectivity index (χ0n) is 12.0. The zero-order valence-corrected chi connectivity index (χ0v) is 12.0. The van der Waals surface area contributed by atoms with Crippen LogP contribution in [0.2, 0.25) is 0 Å². The molecule has 1 heterocycles. The van der Waals surface area contributed by atoms with E-state index >= 15 is 0 Å². The van der Waals surface area contributed by atoms with Crippen molar-refractivity contribution in [1.29, 1.82) is 0 Å². The fraction of sp³-hybridized carbons (Fsp3) is 0.929. The Labute approximate surface area is 106 Å². The van der Waals surface area contributed by atoms with Crippen molar-refractivity contribution in [3.05, 3.63) is 0 Å². The molecule has 1 aliphatic rings. The summed E-state index contributed by atoms with van der Waals surface area (Å²) in [6, 6.07) is 0.436. The summed E-state index contributed by atoms with van der Waals surface area (Å²) in [6.07, 6.45) is 2.28. The summed E-state index contributed by atoms with van der Waals surface area (Å²) >= 11 is 0. The van der Waals surface area contributed by atoms with Gasteiger partial charge in [-0.2, -0.15) is 0 Å². The minimum absolute atomic E-state index is 0.0590. The number of nitrogens with zero attached hydrogens (tertiary/aromatic N) is 1. The molecule has 1 fully saturated rings. The van der Waals surface area contributed by atoms with Crippen molar-refractivity contribution in [2.45, 2.75) is 52.6 Å². The molecule has 0 amide bonds. The van der Waals surface area contributed by atoms with Crippen molar-refractivity contribution in [2.75, 3.05) is 20.1 Å². The van der Waals surface area contributed by atoms with Crippen LogP contribution in [0.25, 0.3) is 0 Å². The van der Waals surface area contributed by atoms with E-state index in [0.29, 0.717) is 17.7 Å². The summed E-state index contributed by atoms with van der Waals surface area (Å²) in [4.78, 5) is 14.6. The van der Waals surface area contributed by atoms with Gasteiger partial charge in [-0.05, 0) is 38.9 Å². The molecule has 100 valence electrons. The molecule has 1 rings (SSSR count). The molecule has 3 heteroatoms. The largest absolute Gasteiger partial charge is 0.306 e. The van der Waals surface area contributed by atoms with E-state index in [1.807, 2.05) is 13.8 Å². The first-order valence-corrected chi connectivity index (χ1v) is 6.90. The van der Waals surface area contributed by atoms with E-state index in [2.05, 4.69) is 31.1 Å². The Bertz CT molecular complexity index is 243. The van der Waals surface area contributed by atoms with Crippen LogP contribution in [0, 0.1) is 11.8 Å². The first kappa shape index (κ1) is 14.7. The number of piperidine rings is 1. The molecule has 0 spiro atoms. The maximum Gasteiger partial charge on any atom is 0.152 e. The van der Waals surface area contributed by atoms with Gasteiger partial charge >= 0.3 is 0 Å². The second-order valence-electron chi connectivity index (χ2n) is 6.00. The lowest BCUT2D eigenvalue weighted by atomic mass is 9.84. The number of likely N-dealkylation sites (tertiary alicyclic amines) is 1. The third-order valence-electron chi connectivity index (χ3n) is 3.62. The van der Waals surface area contributed by atoms with Crippen molar-refractivity contribution in [2.24, 2.45) is 11.8 Å². The number of nitrogens with one attached hydrogen (secondary N) is 1. The molecule has 1 aliphatic heterocycles. The number of hydrogen-bond donors (Lipinski definition) is 1. The van der Waals surface area contributed by atoms with Crippen LogP contribution in [0.4, 0.5) is 0 Å². The second kappa shape index (κ2) is 6.50. The van der Waals surface area contributed by atoms with Crippen LogP contribution in [-0.2, 0) is 4.79 Å². The van der Waals surface area contributed by atoms with E-state index in [9.17, 15) is 4.79 Å². The SMILES string of the molecule is CC(C)NC(C(=O)C(C)C)C1CCN(C)CC1. The third-order valence-corrected chi connectivity index (χ3v) is 3.62. The molecule has 0 saturated carbocycles. The Morgan fingerprint density at radius 3 is 2.12 bits per heavy atom. The molecule has 0 aromatic rings. The predicted molar refractivity (Wildman–Crippen MR) is 72.1 cm³/mol. The van der Waals surface area contributed by atoms with E-state index in [0.717, 1.165) is 25.9 Å². The van der Waals surface area contributed by atoms with Crippen molar-refractivity contribution in [1.82, 2.24) is 10.2 Å². The average Bonchev–Trinajstić information content (AvgIpc) is 2.26. The normalized spacial score (nSPS) is 21.1. The number of Topliss-reactive ketones (excluding diaryl/α,β-unsaturated/α-hetero) is 1. The summed E-state index contributed by atoms with van der Waals surface area (Å²) in [5, 5.41) is 3.48. The quantitative estimate of drug-likeness (QED) is 0.797. The van der Waals surface area contributed by atoms with Crippen LogP contribution in [0.1, 0.15) is 40.5 Å². The van der Waals surface area contributed by atoms with Crippen molar-refractivity contribution < 1.29 is 4.79 Å². The lowest BCUT2D eigenvalue weighted by Crippen LogP contribution is -2.50. The van der Waals surface area contributed by atoms with Crippen LogP contribution >= 0.6 is 0 Å². The van der Waals surface area contributed by atoms with Crippen LogP contribution in [0.15, 0.2) is 0 Å². The van der Waals surface area contributed by atoms with Gasteiger partial charge in [0.15, 0.2) is 5.78 Å². The molecule has 0 aromatic heterocycles. The highest BCUT2D eigenvalue weighted by molar-refractivity contribution is 5.86. The van der Waals surface area contributed by atoms with Crippen LogP contribution in [0.5, 0.6) is 0 Å². The molecule has 1 N–H and O–H groups in total. The molecule has 1 unspecified atom stereocenters. The molecular weight excluding hydrogens is 212 g/mol. The highest BCUT2D eigenvalue weighted by Crippen LogP contribution is 2.22. The van der Waals surface area contributed by atoms with Crippen molar-refractivity contribution >= 4 is 5.78 Å². The Kier molecular flexibility index (Phi) is 5.60. The first-order chi connectivity index (χ1) is 7.91. The molecule has 0 aromatic carbocycles. The smallest absolute Gasteiger partial charge is 0.152 e. The molecule has 0 aliphatic carbocycles. The summed E-state index contributed by atoms with van der Waals surface area (Å²) in [6.45, 7) is 10.5. The average molecular weight is 240 g/mol. The van der Waals surface area contributed by atoms with E-state index in [-0.39, 0.29) is 12.0 Å². The molecule has 3 nitrogen and oxygen atoms in total. The zero-order chi connectivity index (χ0) is 13.0. The van der Waals surface area contributed by atoms with E-state index < -0.39 is 0 Å². The maximum absolute atomic E-state index is 12.3. The molecule has 1 atom stereocenters. The third kappa shape index (κ3) is 4.40. The van der Waals surface area contributed by atoms with Gasteiger partial charge in [-0.15, -0.1) is 0 Å². The highest BCUT2D eigenvalue weighted by Gasteiger charge is 2.31. The van der Waals surface area contributed by atoms with Crippen LogP contribution < -0.4 is 5.32 Å². The monoisotopic (exact) mass is 240 g/mol. The Morgan fingerprint density at radius 2 is 1.71 bits per heavy atom. The van der Waals surface area contributed by atoms with E-state index in [1.54, 1.807) is 0 Å². The number of ketones is 1. The van der Waals surface area contributed by atoms with E-state index in [4.69, 9.17) is 0 Å². The fourth-order valence-electron chi connectivity index (χ4n) is 2.53. The molecular formula is C14H28N2O. The Morgan fingerprint density at radius 1 is 1.18 bits per heavy atom. The van der Waals surface area contributed by atoms with Gasteiger partial charge in [-0.1, -0.05) is 27.7 Å². The second-order valence-corrected chi connectivity index (χ2v) is 6.00. The van der Waals surface area contributed by atoms with Crippen molar-refractivity contribution in [3.63, 3.8) is 0 Å². The summed E-state index contributed by atoms with van der Waals surface area (Å²) in [5.41, 5.74) is 0. The lowest BCUT2D eigenvalue weighted by molar-refractivity contribution is -0.126. The topological polar surface area (TPSA) is 32.3 Å². The van der Waals surface area contributed by atoms with Gasteiger partial charge in [0, 0.05) is 12.0 Å². The van der Waals surface area contributed by atoms with Gasteiger partial charge in [0.1, 0.15) is 0 Å². The van der Waals surface area contributed by atoms with Gasteiger partial charge in [0.05, 0.1) is 6.04 Å². The Hall–Kier alpha value is -0.410. The van der Waals surface area contributed by atoms with E-state index in [1.165, 1.54) is 0 Å².